The van der Waals surface area contributed by atoms with Crippen LogP contribution in [0.4, 0.5) is 0 Å². The molecule has 1 rings (SSSR count). The molecule has 2 N–H and O–H groups in total. The minimum atomic E-state index is 0.519. The average molecular weight is 216 g/mol. The van der Waals surface area contributed by atoms with Gasteiger partial charge < -0.3 is 10.6 Å². The van der Waals surface area contributed by atoms with E-state index in [-0.39, 0.29) is 0 Å². The Hall–Kier alpha value is 0.270. The predicted octanol–water partition coefficient (Wildman–Crippen LogP) is 1.86. The van der Waals surface area contributed by atoms with Crippen molar-refractivity contribution in [3.8, 4) is 0 Å². The van der Waals surface area contributed by atoms with Gasteiger partial charge in [-0.1, -0.05) is 6.92 Å². The minimum absolute atomic E-state index is 0.519. The van der Waals surface area contributed by atoms with Crippen LogP contribution in [0.5, 0.6) is 0 Å². The molecule has 0 aromatic carbocycles. The van der Waals surface area contributed by atoms with E-state index in [0.29, 0.717) is 4.75 Å². The first-order chi connectivity index (χ1) is 6.77. The molecule has 0 spiro atoms. The maximum absolute atomic E-state index is 3.54. The second-order valence-electron chi connectivity index (χ2n) is 4.33. The van der Waals surface area contributed by atoms with E-state index in [1.54, 1.807) is 0 Å². The van der Waals surface area contributed by atoms with Crippen LogP contribution in [0.15, 0.2) is 0 Å². The van der Waals surface area contributed by atoms with Gasteiger partial charge in [0.1, 0.15) is 0 Å². The number of hydrogen-bond donors (Lipinski definition) is 2. The minimum Gasteiger partial charge on any atom is -0.315 e. The number of nitrogens with one attached hydrogen (secondary N) is 2. The second kappa shape index (κ2) is 6.70. The van der Waals surface area contributed by atoms with Crippen molar-refractivity contribution in [1.82, 2.24) is 10.6 Å². The quantitative estimate of drug-likeness (QED) is 0.635. The molecule has 0 aromatic heterocycles. The Balaban J connectivity index is 1.92. The van der Waals surface area contributed by atoms with Crippen molar-refractivity contribution in [2.75, 3.05) is 31.9 Å². The molecule has 0 radical (unpaired) electrons. The summed E-state index contributed by atoms with van der Waals surface area (Å²) in [6.45, 7) is 9.12. The summed E-state index contributed by atoms with van der Waals surface area (Å²) in [5.74, 6) is 1.35. The predicted molar refractivity (Wildman–Crippen MR) is 66.1 cm³/mol. The smallest absolute Gasteiger partial charge is 0.0256 e. The van der Waals surface area contributed by atoms with Gasteiger partial charge in [-0.15, -0.1) is 0 Å². The summed E-state index contributed by atoms with van der Waals surface area (Å²) >= 11 is 2.13. The Morgan fingerprint density at radius 1 is 1.21 bits per heavy atom. The van der Waals surface area contributed by atoms with Crippen LogP contribution < -0.4 is 10.6 Å². The zero-order chi connectivity index (χ0) is 10.3. The van der Waals surface area contributed by atoms with E-state index in [2.05, 4.69) is 36.2 Å². The molecular formula is C11H24N2S. The molecule has 0 aromatic rings. The highest BCUT2D eigenvalue weighted by Gasteiger charge is 2.28. The molecular weight excluding hydrogens is 192 g/mol. The summed E-state index contributed by atoms with van der Waals surface area (Å²) < 4.78 is 0.519. The maximum Gasteiger partial charge on any atom is 0.0256 e. The fourth-order valence-electron chi connectivity index (χ4n) is 1.81. The van der Waals surface area contributed by atoms with Crippen LogP contribution in [0, 0.1) is 0 Å². The highest BCUT2D eigenvalue weighted by molar-refractivity contribution is 8.00. The standard InChI is InChI=1S/C11H24N2S/c1-3-6-12-7-8-13-10-11(2)5-4-9-14-11/h12-13H,3-10H2,1-2H3. The summed E-state index contributed by atoms with van der Waals surface area (Å²) in [7, 11) is 0. The Kier molecular flexibility index (Phi) is 5.90. The fourth-order valence-corrected chi connectivity index (χ4v) is 3.08. The van der Waals surface area contributed by atoms with E-state index in [1.165, 1.54) is 31.6 Å². The molecule has 84 valence electrons. The fraction of sp³-hybridized carbons (Fsp3) is 1.00. The van der Waals surface area contributed by atoms with Crippen molar-refractivity contribution in [2.45, 2.75) is 37.9 Å². The first-order valence-electron chi connectivity index (χ1n) is 5.82. The van der Waals surface area contributed by atoms with Gasteiger partial charge in [0, 0.05) is 24.4 Å². The van der Waals surface area contributed by atoms with Gasteiger partial charge in [-0.3, -0.25) is 0 Å². The highest BCUT2D eigenvalue weighted by atomic mass is 32.2. The van der Waals surface area contributed by atoms with Gasteiger partial charge in [-0.05, 0) is 38.5 Å². The Labute approximate surface area is 92.6 Å². The molecule has 1 saturated heterocycles. The highest BCUT2D eigenvalue weighted by Crippen LogP contribution is 2.36. The molecule has 1 aliphatic heterocycles. The number of thioether (sulfide) groups is 1. The third kappa shape index (κ3) is 4.67. The largest absolute Gasteiger partial charge is 0.315 e. The van der Waals surface area contributed by atoms with Gasteiger partial charge in [0.15, 0.2) is 0 Å². The van der Waals surface area contributed by atoms with Crippen LogP contribution in [0.3, 0.4) is 0 Å². The van der Waals surface area contributed by atoms with E-state index in [9.17, 15) is 0 Å². The molecule has 1 fully saturated rings. The summed E-state index contributed by atoms with van der Waals surface area (Å²) in [5.41, 5.74) is 0. The number of rotatable bonds is 7. The normalized spacial score (nSPS) is 27.0. The summed E-state index contributed by atoms with van der Waals surface area (Å²) in [6.07, 6.45) is 4.01. The van der Waals surface area contributed by atoms with E-state index >= 15 is 0 Å². The van der Waals surface area contributed by atoms with Crippen LogP contribution >= 0.6 is 11.8 Å². The molecule has 1 heterocycles. The van der Waals surface area contributed by atoms with Crippen LogP contribution in [0.2, 0.25) is 0 Å². The lowest BCUT2D eigenvalue weighted by atomic mass is 10.1. The van der Waals surface area contributed by atoms with Crippen molar-refractivity contribution < 1.29 is 0 Å². The van der Waals surface area contributed by atoms with Gasteiger partial charge in [-0.25, -0.2) is 0 Å². The summed E-state index contributed by atoms with van der Waals surface area (Å²) in [6, 6.07) is 0. The monoisotopic (exact) mass is 216 g/mol. The van der Waals surface area contributed by atoms with Gasteiger partial charge in [0.2, 0.25) is 0 Å². The van der Waals surface area contributed by atoms with Crippen LogP contribution in [0.25, 0.3) is 0 Å². The average Bonchev–Trinajstić information content (AvgIpc) is 2.59. The van der Waals surface area contributed by atoms with Crippen molar-refractivity contribution in [1.29, 1.82) is 0 Å². The van der Waals surface area contributed by atoms with Crippen molar-refractivity contribution in [3.05, 3.63) is 0 Å². The zero-order valence-electron chi connectivity index (χ0n) is 9.57. The lowest BCUT2D eigenvalue weighted by Crippen LogP contribution is -2.36. The molecule has 14 heavy (non-hydrogen) atoms. The lowest BCUT2D eigenvalue weighted by molar-refractivity contribution is 0.525. The SMILES string of the molecule is CCCNCCNCC1(C)CCCS1. The molecule has 2 nitrogen and oxygen atoms in total. The molecule has 0 saturated carbocycles. The zero-order valence-corrected chi connectivity index (χ0v) is 10.4. The first kappa shape index (κ1) is 12.3. The first-order valence-corrected chi connectivity index (χ1v) is 6.81. The Bertz CT molecular complexity index is 144. The van der Waals surface area contributed by atoms with Crippen molar-refractivity contribution >= 4 is 11.8 Å². The van der Waals surface area contributed by atoms with Gasteiger partial charge in [-0.2, -0.15) is 11.8 Å². The third-order valence-electron chi connectivity index (χ3n) is 2.70. The van der Waals surface area contributed by atoms with Crippen molar-refractivity contribution in [2.24, 2.45) is 0 Å². The van der Waals surface area contributed by atoms with Gasteiger partial charge in [0.25, 0.3) is 0 Å². The molecule has 1 aliphatic rings. The molecule has 3 heteroatoms. The van der Waals surface area contributed by atoms with Gasteiger partial charge in [0.05, 0.1) is 0 Å². The van der Waals surface area contributed by atoms with Crippen LogP contribution in [-0.4, -0.2) is 36.7 Å². The molecule has 0 aliphatic carbocycles. The third-order valence-corrected chi connectivity index (χ3v) is 4.24. The van der Waals surface area contributed by atoms with E-state index in [0.717, 1.165) is 19.6 Å². The number of hydrogen-bond acceptors (Lipinski definition) is 3. The molecule has 1 atom stereocenters. The Morgan fingerprint density at radius 3 is 2.64 bits per heavy atom. The van der Waals surface area contributed by atoms with E-state index in [4.69, 9.17) is 0 Å². The molecule has 1 unspecified atom stereocenters. The molecule has 0 amide bonds. The maximum atomic E-state index is 3.54. The van der Waals surface area contributed by atoms with Gasteiger partial charge >= 0.3 is 0 Å². The summed E-state index contributed by atoms with van der Waals surface area (Å²) in [4.78, 5) is 0. The van der Waals surface area contributed by atoms with Crippen LogP contribution in [-0.2, 0) is 0 Å². The van der Waals surface area contributed by atoms with E-state index < -0.39 is 0 Å². The lowest BCUT2D eigenvalue weighted by Gasteiger charge is -2.22. The van der Waals surface area contributed by atoms with E-state index in [1.807, 2.05) is 0 Å². The van der Waals surface area contributed by atoms with Crippen LogP contribution in [0.1, 0.15) is 33.1 Å². The Morgan fingerprint density at radius 2 is 2.00 bits per heavy atom. The molecule has 0 bridgehead atoms. The summed E-state index contributed by atoms with van der Waals surface area (Å²) in [5, 5.41) is 6.95. The second-order valence-corrected chi connectivity index (χ2v) is 6.01. The topological polar surface area (TPSA) is 24.1 Å². The van der Waals surface area contributed by atoms with Crippen molar-refractivity contribution in [3.63, 3.8) is 0 Å².